The van der Waals surface area contributed by atoms with Crippen LogP contribution in [0.15, 0.2) is 36.4 Å². The zero-order chi connectivity index (χ0) is 21.0. The molecule has 2 aromatic rings. The zero-order valence-electron chi connectivity index (χ0n) is 17.6. The fourth-order valence-corrected chi connectivity index (χ4v) is 3.77. The molecule has 0 radical (unpaired) electrons. The third-order valence-electron chi connectivity index (χ3n) is 5.23. The van der Waals surface area contributed by atoms with Gasteiger partial charge in [-0.1, -0.05) is 12.1 Å². The molecule has 6 nitrogen and oxygen atoms in total. The number of aromatic nitrogens is 1. The summed E-state index contributed by atoms with van der Waals surface area (Å²) in [5.41, 5.74) is 2.96. The standard InChI is InChI=1S/C23H29N3O3/c1-15(2)24-22(27)19-10-9-16(3)25-21(19)17-11-13-26(14-12-17)23(28)18-7-5-6-8-20(18)29-4/h5-10,15,17H,11-14H2,1-4H3,(H,24,27). The number of carbonyl (C=O) groups is 2. The molecule has 29 heavy (non-hydrogen) atoms. The number of amides is 2. The molecule has 0 atom stereocenters. The van der Waals surface area contributed by atoms with Gasteiger partial charge in [0.2, 0.25) is 0 Å². The van der Waals surface area contributed by atoms with Crippen LogP contribution in [0, 0.1) is 6.92 Å². The first-order valence-corrected chi connectivity index (χ1v) is 10.1. The van der Waals surface area contributed by atoms with Crippen LogP contribution in [0.3, 0.4) is 0 Å². The van der Waals surface area contributed by atoms with E-state index in [9.17, 15) is 9.59 Å². The SMILES string of the molecule is COc1ccccc1C(=O)N1CCC(c2nc(C)ccc2C(=O)NC(C)C)CC1. The van der Waals surface area contributed by atoms with Gasteiger partial charge in [-0.3, -0.25) is 14.6 Å². The largest absolute Gasteiger partial charge is 0.496 e. The minimum Gasteiger partial charge on any atom is -0.496 e. The highest BCUT2D eigenvalue weighted by Crippen LogP contribution is 2.31. The van der Waals surface area contributed by atoms with Crippen LogP contribution in [0.2, 0.25) is 0 Å². The number of benzene rings is 1. The van der Waals surface area contributed by atoms with Crippen LogP contribution in [-0.4, -0.2) is 47.9 Å². The van der Waals surface area contributed by atoms with E-state index in [1.807, 2.05) is 49.9 Å². The summed E-state index contributed by atoms with van der Waals surface area (Å²) >= 11 is 0. The molecule has 3 rings (SSSR count). The molecular weight excluding hydrogens is 366 g/mol. The number of likely N-dealkylation sites (tertiary alicyclic amines) is 1. The van der Waals surface area contributed by atoms with Crippen molar-refractivity contribution >= 4 is 11.8 Å². The molecule has 2 amide bonds. The van der Waals surface area contributed by atoms with Crippen molar-refractivity contribution in [2.24, 2.45) is 0 Å². The summed E-state index contributed by atoms with van der Waals surface area (Å²) in [5.74, 6) is 0.642. The fourth-order valence-electron chi connectivity index (χ4n) is 3.77. The molecule has 1 fully saturated rings. The van der Waals surface area contributed by atoms with Crippen LogP contribution in [-0.2, 0) is 0 Å². The van der Waals surface area contributed by atoms with Crippen molar-refractivity contribution in [3.63, 3.8) is 0 Å². The van der Waals surface area contributed by atoms with E-state index in [0.717, 1.165) is 24.2 Å². The van der Waals surface area contributed by atoms with Crippen molar-refractivity contribution in [3.8, 4) is 5.75 Å². The highest BCUT2D eigenvalue weighted by molar-refractivity contribution is 5.97. The Morgan fingerprint density at radius 1 is 1.10 bits per heavy atom. The van der Waals surface area contributed by atoms with E-state index in [1.54, 1.807) is 19.2 Å². The van der Waals surface area contributed by atoms with Crippen LogP contribution in [0.4, 0.5) is 0 Å². The van der Waals surface area contributed by atoms with Crippen LogP contribution in [0.5, 0.6) is 5.75 Å². The smallest absolute Gasteiger partial charge is 0.257 e. The molecule has 0 saturated carbocycles. The third-order valence-corrected chi connectivity index (χ3v) is 5.23. The number of methoxy groups -OCH3 is 1. The molecular formula is C23H29N3O3. The Bertz CT molecular complexity index is 887. The highest BCUT2D eigenvalue weighted by Gasteiger charge is 2.29. The molecule has 1 aromatic carbocycles. The summed E-state index contributed by atoms with van der Waals surface area (Å²) in [5, 5.41) is 2.96. The van der Waals surface area contributed by atoms with Crippen molar-refractivity contribution in [1.29, 1.82) is 0 Å². The van der Waals surface area contributed by atoms with E-state index in [0.29, 0.717) is 30.0 Å². The summed E-state index contributed by atoms with van der Waals surface area (Å²) in [6, 6.07) is 11.1. The van der Waals surface area contributed by atoms with Crippen LogP contribution in [0.1, 0.15) is 64.7 Å². The van der Waals surface area contributed by atoms with Crippen LogP contribution < -0.4 is 10.1 Å². The number of ether oxygens (including phenoxy) is 1. The lowest BCUT2D eigenvalue weighted by Crippen LogP contribution is -2.39. The molecule has 0 aliphatic carbocycles. The van der Waals surface area contributed by atoms with Crippen molar-refractivity contribution in [2.45, 2.75) is 45.6 Å². The molecule has 0 unspecified atom stereocenters. The number of carbonyl (C=O) groups excluding carboxylic acids is 2. The first-order chi connectivity index (χ1) is 13.9. The van der Waals surface area contributed by atoms with Gasteiger partial charge in [-0.15, -0.1) is 0 Å². The Balaban J connectivity index is 1.75. The average Bonchev–Trinajstić information content (AvgIpc) is 2.72. The molecule has 1 aromatic heterocycles. The van der Waals surface area contributed by atoms with Gasteiger partial charge < -0.3 is 15.0 Å². The molecule has 0 spiro atoms. The summed E-state index contributed by atoms with van der Waals surface area (Å²) in [6.07, 6.45) is 1.55. The molecule has 1 aliphatic rings. The van der Waals surface area contributed by atoms with E-state index in [2.05, 4.69) is 5.32 Å². The number of aryl methyl sites for hydroxylation is 1. The predicted molar refractivity (Wildman–Crippen MR) is 112 cm³/mol. The number of nitrogens with zero attached hydrogens (tertiary/aromatic N) is 2. The number of pyridine rings is 1. The van der Waals surface area contributed by atoms with Crippen LogP contribution in [0.25, 0.3) is 0 Å². The molecule has 1 saturated heterocycles. The molecule has 6 heteroatoms. The second kappa shape index (κ2) is 9.07. The van der Waals surface area contributed by atoms with Gasteiger partial charge in [0, 0.05) is 30.7 Å². The van der Waals surface area contributed by atoms with E-state index in [1.165, 1.54) is 0 Å². The summed E-state index contributed by atoms with van der Waals surface area (Å²) in [7, 11) is 1.57. The number of nitrogens with one attached hydrogen (secondary N) is 1. The number of hydrogen-bond donors (Lipinski definition) is 1. The summed E-state index contributed by atoms with van der Waals surface area (Å²) in [6.45, 7) is 7.08. The van der Waals surface area contributed by atoms with Crippen molar-refractivity contribution in [2.75, 3.05) is 20.2 Å². The van der Waals surface area contributed by atoms with Gasteiger partial charge in [0.1, 0.15) is 5.75 Å². The van der Waals surface area contributed by atoms with Crippen molar-refractivity contribution in [3.05, 3.63) is 58.9 Å². The Morgan fingerprint density at radius 3 is 2.45 bits per heavy atom. The van der Waals surface area contributed by atoms with Gasteiger partial charge in [0.15, 0.2) is 0 Å². The number of rotatable bonds is 5. The maximum absolute atomic E-state index is 12.9. The molecule has 1 aliphatic heterocycles. The Hall–Kier alpha value is -2.89. The van der Waals surface area contributed by atoms with E-state index >= 15 is 0 Å². The molecule has 154 valence electrons. The first-order valence-electron chi connectivity index (χ1n) is 10.1. The Kier molecular flexibility index (Phi) is 6.52. The lowest BCUT2D eigenvalue weighted by Gasteiger charge is -2.32. The summed E-state index contributed by atoms with van der Waals surface area (Å²) in [4.78, 5) is 32.1. The van der Waals surface area contributed by atoms with Crippen molar-refractivity contribution < 1.29 is 14.3 Å². The van der Waals surface area contributed by atoms with E-state index in [-0.39, 0.29) is 23.8 Å². The van der Waals surface area contributed by atoms with E-state index in [4.69, 9.17) is 9.72 Å². The highest BCUT2D eigenvalue weighted by atomic mass is 16.5. The quantitative estimate of drug-likeness (QED) is 0.840. The first kappa shape index (κ1) is 20.8. The molecule has 1 N–H and O–H groups in total. The fraction of sp³-hybridized carbons (Fsp3) is 0.435. The van der Waals surface area contributed by atoms with Gasteiger partial charge in [0.05, 0.1) is 23.9 Å². The lowest BCUT2D eigenvalue weighted by molar-refractivity contribution is 0.0707. The van der Waals surface area contributed by atoms with E-state index < -0.39 is 0 Å². The zero-order valence-corrected chi connectivity index (χ0v) is 17.6. The monoisotopic (exact) mass is 395 g/mol. The third kappa shape index (κ3) is 4.75. The topological polar surface area (TPSA) is 71.5 Å². The average molecular weight is 396 g/mol. The number of piperidine rings is 1. The molecule has 2 heterocycles. The van der Waals surface area contributed by atoms with Gasteiger partial charge in [-0.05, 0) is 57.9 Å². The van der Waals surface area contributed by atoms with Gasteiger partial charge >= 0.3 is 0 Å². The molecule has 0 bridgehead atoms. The van der Waals surface area contributed by atoms with Crippen molar-refractivity contribution in [1.82, 2.24) is 15.2 Å². The number of hydrogen-bond acceptors (Lipinski definition) is 4. The maximum atomic E-state index is 12.9. The summed E-state index contributed by atoms with van der Waals surface area (Å²) < 4.78 is 5.33. The maximum Gasteiger partial charge on any atom is 0.257 e. The minimum atomic E-state index is -0.0879. The number of para-hydroxylation sites is 1. The Morgan fingerprint density at radius 2 is 1.79 bits per heavy atom. The predicted octanol–water partition coefficient (Wildman–Crippen LogP) is 3.56. The van der Waals surface area contributed by atoms with Crippen LogP contribution >= 0.6 is 0 Å². The minimum absolute atomic E-state index is 0.0177. The Labute approximate surface area is 172 Å². The normalized spacial score (nSPS) is 14.7. The second-order valence-electron chi connectivity index (χ2n) is 7.78. The van der Waals surface area contributed by atoms with Gasteiger partial charge in [-0.2, -0.15) is 0 Å². The second-order valence-corrected chi connectivity index (χ2v) is 7.78. The lowest BCUT2D eigenvalue weighted by atomic mass is 9.89. The van der Waals surface area contributed by atoms with Gasteiger partial charge in [-0.25, -0.2) is 0 Å². The van der Waals surface area contributed by atoms with Gasteiger partial charge in [0.25, 0.3) is 11.8 Å².